The zero-order valence-electron chi connectivity index (χ0n) is 54.6. The van der Waals surface area contributed by atoms with Crippen LogP contribution in [0.2, 0.25) is 0 Å². The molecular weight excluding hydrogens is 1190 g/mol. The van der Waals surface area contributed by atoms with E-state index in [2.05, 4.69) is 382 Å². The van der Waals surface area contributed by atoms with Gasteiger partial charge in [0.2, 0.25) is 0 Å². The van der Waals surface area contributed by atoms with Gasteiger partial charge in [0.25, 0.3) is 0 Å². The molecule has 5 aliphatic rings. The van der Waals surface area contributed by atoms with E-state index < -0.39 is 21.8 Å². The standard InChI is InChI=1S/C46H36N2O.C46H34N2.CH4.H2/c1-31-24-27-33(28-25-31)47-42-29-26-32(2)30-41(42)46(49)37-18-8-6-16-35(37)45(36-17-7-9-19-38(36)46)39-20-10-12-22-43(39)48(34-14-4-3-5-15-34)44-23-13-11-21-40(44)45;1-30-24-26-41-39(28-30)46(40-29-31(2)25-27-42(40)47-41)35-18-8-6-16-33(35)45(34-17-7-9-19-36(34)46)37-20-10-12-22-43(37)48(32-14-4-3-5-15-32)44-23-13-11-21-38(44)45;;/h3-30,47,49H,1-2H3;3-29,47H,1-2H3;1H4;1H/i;;;1+1. The first kappa shape index (κ1) is 59.9. The van der Waals surface area contributed by atoms with Crippen molar-refractivity contribution in [1.82, 2.24) is 0 Å². The predicted molar refractivity (Wildman–Crippen MR) is 407 cm³/mol. The molecule has 0 bridgehead atoms. The first-order valence-electron chi connectivity index (χ1n) is 33.8. The lowest BCUT2D eigenvalue weighted by Crippen LogP contribution is -2.48. The Morgan fingerprint density at radius 3 is 0.918 bits per heavy atom. The molecule has 3 heterocycles. The molecule has 14 aromatic carbocycles. The van der Waals surface area contributed by atoms with Crippen LogP contribution in [0.3, 0.4) is 0 Å². The lowest BCUT2D eigenvalue weighted by Gasteiger charge is -2.55. The number of para-hydroxylation sites is 6. The van der Waals surface area contributed by atoms with Crippen molar-refractivity contribution < 1.29 is 6.53 Å². The highest BCUT2D eigenvalue weighted by Gasteiger charge is 2.59. The number of aliphatic hydroxyl groups is 1. The third-order valence-electron chi connectivity index (χ3n) is 21.5. The summed E-state index contributed by atoms with van der Waals surface area (Å²) in [6.45, 7) is 8.62. The van der Waals surface area contributed by atoms with Crippen LogP contribution in [0.4, 0.5) is 56.9 Å². The fourth-order valence-electron chi connectivity index (χ4n) is 17.6. The molecule has 0 atom stereocenters. The van der Waals surface area contributed by atoms with E-state index in [1.165, 1.54) is 83.7 Å². The fourth-order valence-corrected chi connectivity index (χ4v) is 17.6. The monoisotopic (exact) mass is 1270 g/mol. The number of anilines is 10. The Labute approximate surface area is 576 Å². The highest BCUT2D eigenvalue weighted by molar-refractivity contribution is 5.95. The number of hydrogen-bond donors (Lipinski definition) is 3. The molecule has 3 aliphatic heterocycles. The normalized spacial score (nSPS) is 14.9. The van der Waals surface area contributed by atoms with Gasteiger partial charge in [-0.2, -0.15) is 0 Å². The second-order valence-corrected chi connectivity index (χ2v) is 26.8. The van der Waals surface area contributed by atoms with Gasteiger partial charge in [0.15, 0.2) is 0 Å². The van der Waals surface area contributed by atoms with Gasteiger partial charge in [-0.25, -0.2) is 0 Å². The maximum Gasteiger partial charge on any atom is 0.143 e. The molecule has 0 amide bonds. The van der Waals surface area contributed by atoms with Crippen molar-refractivity contribution in [3.8, 4) is 0 Å². The van der Waals surface area contributed by atoms with E-state index >= 15 is 0 Å². The molecule has 0 radical (unpaired) electrons. The molecule has 2 aliphatic carbocycles. The van der Waals surface area contributed by atoms with Crippen molar-refractivity contribution in [2.75, 3.05) is 20.4 Å². The van der Waals surface area contributed by atoms with Crippen molar-refractivity contribution >= 4 is 56.9 Å². The van der Waals surface area contributed by atoms with Crippen molar-refractivity contribution in [2.45, 2.75) is 57.0 Å². The van der Waals surface area contributed by atoms with E-state index in [0.717, 1.165) is 78.9 Å². The SMILES string of the molecule is C.Cc1ccc(Nc2ccc(C)cc2C2(O)c3ccccc3C3(c4ccccc4N(c4ccccc4)c4ccccc43)c3ccccc32)cc1.Cc1ccc2c(c1)C1(c3cc(C)ccc3N2)c2ccccc2C2(c3ccccc3N(c3ccccc3)c3ccccc32)c2ccccc21.[2HH]. The Kier molecular flexibility index (Phi) is 14.1. The Morgan fingerprint density at radius 2 is 0.551 bits per heavy atom. The van der Waals surface area contributed by atoms with Crippen LogP contribution in [-0.4, -0.2) is 5.11 Å². The molecule has 0 aromatic heterocycles. The second-order valence-electron chi connectivity index (χ2n) is 26.8. The van der Waals surface area contributed by atoms with Crippen molar-refractivity contribution in [3.63, 3.8) is 0 Å². The van der Waals surface area contributed by atoms with Crippen LogP contribution in [0.15, 0.2) is 334 Å². The molecule has 474 valence electrons. The first-order chi connectivity index (χ1) is 47.6. The van der Waals surface area contributed by atoms with Crippen LogP contribution in [0.5, 0.6) is 0 Å². The molecular formula is C93H76N4O. The van der Waals surface area contributed by atoms with Crippen LogP contribution in [-0.2, 0) is 21.8 Å². The summed E-state index contributed by atoms with van der Waals surface area (Å²) in [5.74, 6) is 0. The molecule has 5 nitrogen and oxygen atoms in total. The largest absolute Gasteiger partial charge is 0.376 e. The van der Waals surface area contributed by atoms with Gasteiger partial charge in [0.1, 0.15) is 5.60 Å². The van der Waals surface area contributed by atoms with E-state index in [9.17, 15) is 5.11 Å². The number of nitrogens with one attached hydrogen (secondary N) is 2. The van der Waals surface area contributed by atoms with Crippen LogP contribution in [0, 0.1) is 27.7 Å². The zero-order chi connectivity index (χ0) is 65.2. The van der Waals surface area contributed by atoms with Crippen LogP contribution < -0.4 is 20.4 Å². The minimum atomic E-state index is -1.45. The summed E-state index contributed by atoms with van der Waals surface area (Å²) in [6, 6.07) is 121. The molecule has 19 rings (SSSR count). The summed E-state index contributed by atoms with van der Waals surface area (Å²) in [6.07, 6.45) is 0. The summed E-state index contributed by atoms with van der Waals surface area (Å²) in [4.78, 5) is 4.83. The molecule has 3 N–H and O–H groups in total. The number of rotatable bonds is 5. The van der Waals surface area contributed by atoms with Gasteiger partial charge in [-0.1, -0.05) is 284 Å². The van der Waals surface area contributed by atoms with Gasteiger partial charge >= 0.3 is 0 Å². The van der Waals surface area contributed by atoms with E-state index in [4.69, 9.17) is 0 Å². The average molecular weight is 1270 g/mol. The quantitative estimate of drug-likeness (QED) is 0.160. The average Bonchev–Trinajstić information content (AvgIpc) is 0.662. The highest BCUT2D eigenvalue weighted by atomic mass is 16.3. The smallest absolute Gasteiger partial charge is 0.143 e. The Morgan fingerprint density at radius 1 is 0.276 bits per heavy atom. The molecule has 0 fully saturated rings. The van der Waals surface area contributed by atoms with Crippen LogP contribution in [0.1, 0.15) is 115 Å². The fraction of sp³-hybridized carbons (Fsp3) is 0.0968. The summed E-state index contributed by atoms with van der Waals surface area (Å²) >= 11 is 0. The summed E-state index contributed by atoms with van der Waals surface area (Å²) in [5, 5.41) is 21.2. The van der Waals surface area contributed by atoms with Gasteiger partial charge in [0, 0.05) is 41.1 Å². The summed E-state index contributed by atoms with van der Waals surface area (Å²) in [5.41, 5.74) is 30.3. The van der Waals surface area contributed by atoms with Crippen LogP contribution in [0.25, 0.3) is 0 Å². The Bertz CT molecular complexity index is 5220. The third kappa shape index (κ3) is 8.42. The maximum absolute atomic E-state index is 13.7. The number of nitrogens with zero attached hydrogens (tertiary/aromatic N) is 2. The van der Waals surface area contributed by atoms with Gasteiger partial charge in [-0.15, -0.1) is 0 Å². The van der Waals surface area contributed by atoms with Crippen LogP contribution >= 0.6 is 0 Å². The maximum atomic E-state index is 13.7. The third-order valence-corrected chi connectivity index (χ3v) is 21.5. The van der Waals surface area contributed by atoms with Gasteiger partial charge in [0.05, 0.1) is 39.0 Å². The minimum absolute atomic E-state index is 0. The van der Waals surface area contributed by atoms with Crippen molar-refractivity contribution in [3.05, 3.63) is 439 Å². The number of benzene rings is 14. The molecule has 0 saturated carbocycles. The van der Waals surface area contributed by atoms with E-state index in [1.54, 1.807) is 0 Å². The molecule has 3 spiro atoms. The second kappa shape index (κ2) is 23.0. The molecule has 14 aromatic rings. The Balaban J connectivity index is 0.000000151. The van der Waals surface area contributed by atoms with E-state index in [0.29, 0.717) is 0 Å². The molecule has 0 saturated heterocycles. The Hall–Kier alpha value is -11.8. The lowest BCUT2D eigenvalue weighted by molar-refractivity contribution is 0.119. The topological polar surface area (TPSA) is 50.8 Å². The summed E-state index contributed by atoms with van der Waals surface area (Å²) < 4.78 is 0. The van der Waals surface area contributed by atoms with Gasteiger partial charge in [-0.05, 0) is 184 Å². The van der Waals surface area contributed by atoms with Crippen molar-refractivity contribution in [2.24, 2.45) is 0 Å². The molecule has 98 heavy (non-hydrogen) atoms. The first-order valence-corrected chi connectivity index (χ1v) is 33.8. The number of fused-ring (bicyclic) bond motifs is 22. The minimum Gasteiger partial charge on any atom is -0.376 e. The molecule has 0 unspecified atom stereocenters. The summed E-state index contributed by atoms with van der Waals surface area (Å²) in [7, 11) is 0. The highest BCUT2D eigenvalue weighted by Crippen LogP contribution is 2.68. The number of hydrogen-bond acceptors (Lipinski definition) is 5. The van der Waals surface area contributed by atoms with Crippen molar-refractivity contribution in [1.29, 1.82) is 0 Å². The number of aryl methyl sites for hydroxylation is 4. The van der Waals surface area contributed by atoms with Gasteiger partial charge in [-0.3, -0.25) is 0 Å². The van der Waals surface area contributed by atoms with E-state index in [1.807, 2.05) is 0 Å². The predicted octanol–water partition coefficient (Wildman–Crippen LogP) is 22.9. The lowest BCUT2D eigenvalue weighted by atomic mass is 9.49. The van der Waals surface area contributed by atoms with Gasteiger partial charge < -0.3 is 25.5 Å². The molecule has 5 heteroatoms. The zero-order valence-corrected chi connectivity index (χ0v) is 54.6. The van der Waals surface area contributed by atoms with E-state index in [-0.39, 0.29) is 8.85 Å².